The van der Waals surface area contributed by atoms with Crippen LogP contribution >= 0.6 is 0 Å². The minimum atomic E-state index is -0.302. The molecular weight excluding hydrogens is 307 g/mol. The van der Waals surface area contributed by atoms with Crippen molar-refractivity contribution in [1.29, 1.82) is 0 Å². The number of hydrogen-bond donors (Lipinski definition) is 1. The fraction of sp³-hybridized carbons (Fsp3) is 0.222. The van der Waals surface area contributed by atoms with Crippen LogP contribution in [-0.2, 0) is 0 Å². The number of benzene rings is 2. The number of para-hydroxylation sites is 1. The van der Waals surface area contributed by atoms with Crippen molar-refractivity contribution >= 4 is 16.9 Å². The van der Waals surface area contributed by atoms with Gasteiger partial charge in [0.15, 0.2) is 0 Å². The molecule has 0 aliphatic carbocycles. The van der Waals surface area contributed by atoms with Gasteiger partial charge in [-0.05, 0) is 44.4 Å². The van der Waals surface area contributed by atoms with Crippen LogP contribution in [0.1, 0.15) is 0 Å². The van der Waals surface area contributed by atoms with Crippen molar-refractivity contribution in [2.75, 3.05) is 27.2 Å². The molecule has 1 heterocycles. The Balaban J connectivity index is 1.97. The molecule has 0 saturated carbocycles. The molecule has 0 atom stereocenters. The molecule has 1 N–H and O–H groups in total. The van der Waals surface area contributed by atoms with E-state index in [1.807, 2.05) is 43.3 Å². The zero-order valence-corrected chi connectivity index (χ0v) is 13.7. The Morgan fingerprint density at radius 3 is 2.58 bits per heavy atom. The number of aromatic nitrogens is 2. The Morgan fingerprint density at radius 2 is 1.88 bits per heavy atom. The number of halogens is 1. The first-order chi connectivity index (χ1) is 11.6. The highest BCUT2D eigenvalue weighted by atomic mass is 19.1. The van der Waals surface area contributed by atoms with Crippen molar-refractivity contribution in [2.24, 2.45) is 0 Å². The number of fused-ring (bicyclic) bond motifs is 1. The predicted molar refractivity (Wildman–Crippen MR) is 92.5 cm³/mol. The summed E-state index contributed by atoms with van der Waals surface area (Å²) >= 11 is 0. The largest absolute Gasteiger partial charge is 0.342 e. The highest BCUT2D eigenvalue weighted by Crippen LogP contribution is 2.27. The van der Waals surface area contributed by atoms with Crippen LogP contribution in [0.15, 0.2) is 48.5 Å². The number of hydrogen-bond acceptors (Lipinski definition) is 3. The third-order valence-corrected chi connectivity index (χ3v) is 3.73. The number of carbonyl (C=O) groups excluding carboxylic acids is 1. The number of carbonyl (C=O) groups is 1. The maximum Gasteiger partial charge on any atom is 0.342 e. The summed E-state index contributed by atoms with van der Waals surface area (Å²) in [5.41, 5.74) is 2.15. The SMILES string of the molecule is CN(C)CCNC(=O)n1nc(-c2ccc(F)cc2)c2ccccc21. The lowest BCUT2D eigenvalue weighted by Crippen LogP contribution is -2.34. The van der Waals surface area contributed by atoms with Gasteiger partial charge in [-0.1, -0.05) is 18.2 Å². The van der Waals surface area contributed by atoms with Gasteiger partial charge in [0, 0.05) is 24.0 Å². The molecule has 0 bridgehead atoms. The highest BCUT2D eigenvalue weighted by Gasteiger charge is 2.16. The van der Waals surface area contributed by atoms with E-state index in [2.05, 4.69) is 10.4 Å². The number of amides is 1. The van der Waals surface area contributed by atoms with Crippen molar-refractivity contribution < 1.29 is 9.18 Å². The number of nitrogens with zero attached hydrogens (tertiary/aromatic N) is 3. The van der Waals surface area contributed by atoms with E-state index >= 15 is 0 Å². The predicted octanol–water partition coefficient (Wildman–Crippen LogP) is 2.96. The van der Waals surface area contributed by atoms with Crippen LogP contribution in [0.3, 0.4) is 0 Å². The Hall–Kier alpha value is -2.73. The molecule has 3 rings (SSSR count). The second-order valence-corrected chi connectivity index (χ2v) is 5.82. The van der Waals surface area contributed by atoms with Gasteiger partial charge < -0.3 is 10.2 Å². The van der Waals surface area contributed by atoms with Crippen LogP contribution in [-0.4, -0.2) is 47.9 Å². The second kappa shape index (κ2) is 6.80. The minimum absolute atomic E-state index is 0.276. The molecule has 3 aromatic rings. The lowest BCUT2D eigenvalue weighted by atomic mass is 10.1. The molecule has 1 amide bonds. The maximum absolute atomic E-state index is 13.2. The first-order valence-corrected chi connectivity index (χ1v) is 7.73. The standard InChI is InChI=1S/C18H19FN4O/c1-22(2)12-11-20-18(24)23-16-6-4-3-5-15(16)17(21-23)13-7-9-14(19)10-8-13/h3-10H,11-12H2,1-2H3,(H,20,24). The molecule has 0 saturated heterocycles. The first kappa shape index (κ1) is 16.1. The van der Waals surface area contributed by atoms with Gasteiger partial charge in [0.2, 0.25) is 0 Å². The number of rotatable bonds is 4. The van der Waals surface area contributed by atoms with Crippen molar-refractivity contribution in [3.63, 3.8) is 0 Å². The molecule has 124 valence electrons. The monoisotopic (exact) mass is 326 g/mol. The van der Waals surface area contributed by atoms with Crippen molar-refractivity contribution in [3.8, 4) is 11.3 Å². The van der Waals surface area contributed by atoms with Gasteiger partial charge in [0.1, 0.15) is 11.5 Å². The summed E-state index contributed by atoms with van der Waals surface area (Å²) in [5, 5.41) is 8.17. The smallest absolute Gasteiger partial charge is 0.335 e. The van der Waals surface area contributed by atoms with Gasteiger partial charge in [-0.25, -0.2) is 9.18 Å². The number of likely N-dealkylation sites (N-methyl/N-ethyl adjacent to an activating group) is 1. The zero-order chi connectivity index (χ0) is 17.1. The van der Waals surface area contributed by atoms with Crippen molar-refractivity contribution in [3.05, 3.63) is 54.3 Å². The average Bonchev–Trinajstić information content (AvgIpc) is 2.95. The zero-order valence-electron chi connectivity index (χ0n) is 13.7. The van der Waals surface area contributed by atoms with Crippen LogP contribution < -0.4 is 5.32 Å². The summed E-state index contributed by atoms with van der Waals surface area (Å²) in [6, 6.07) is 13.3. The summed E-state index contributed by atoms with van der Waals surface area (Å²) < 4.78 is 14.5. The van der Waals surface area contributed by atoms with E-state index in [0.717, 1.165) is 23.0 Å². The third kappa shape index (κ3) is 3.28. The van der Waals surface area contributed by atoms with Gasteiger partial charge in [-0.3, -0.25) is 0 Å². The lowest BCUT2D eigenvalue weighted by molar-refractivity contribution is 0.239. The highest BCUT2D eigenvalue weighted by molar-refractivity contribution is 5.98. The fourth-order valence-corrected chi connectivity index (χ4v) is 2.50. The van der Waals surface area contributed by atoms with E-state index in [1.165, 1.54) is 16.8 Å². The average molecular weight is 326 g/mol. The van der Waals surface area contributed by atoms with Crippen LogP contribution in [0, 0.1) is 5.82 Å². The quantitative estimate of drug-likeness (QED) is 0.802. The van der Waals surface area contributed by atoms with Crippen molar-refractivity contribution in [2.45, 2.75) is 0 Å². The number of nitrogens with one attached hydrogen (secondary N) is 1. The molecule has 0 fully saturated rings. The van der Waals surface area contributed by atoms with E-state index in [-0.39, 0.29) is 11.8 Å². The van der Waals surface area contributed by atoms with E-state index in [0.29, 0.717) is 12.2 Å². The Morgan fingerprint density at radius 1 is 1.17 bits per heavy atom. The topological polar surface area (TPSA) is 50.2 Å². The van der Waals surface area contributed by atoms with E-state index in [4.69, 9.17) is 0 Å². The van der Waals surface area contributed by atoms with Gasteiger partial charge in [-0.15, -0.1) is 0 Å². The summed E-state index contributed by atoms with van der Waals surface area (Å²) in [7, 11) is 3.89. The van der Waals surface area contributed by atoms with E-state index < -0.39 is 0 Å². The van der Waals surface area contributed by atoms with Gasteiger partial charge in [0.25, 0.3) is 0 Å². The summed E-state index contributed by atoms with van der Waals surface area (Å²) in [6.45, 7) is 1.28. The van der Waals surface area contributed by atoms with Gasteiger partial charge in [-0.2, -0.15) is 9.78 Å². The molecule has 0 radical (unpaired) electrons. The molecule has 1 aromatic heterocycles. The van der Waals surface area contributed by atoms with Crippen LogP contribution in [0.4, 0.5) is 9.18 Å². The molecule has 2 aromatic carbocycles. The Labute approximate surface area is 139 Å². The molecule has 0 spiro atoms. The maximum atomic E-state index is 13.2. The molecule has 0 aliphatic heterocycles. The molecule has 0 aliphatic rings. The van der Waals surface area contributed by atoms with E-state index in [9.17, 15) is 9.18 Å². The van der Waals surface area contributed by atoms with Crippen molar-refractivity contribution in [1.82, 2.24) is 20.0 Å². The fourth-order valence-electron chi connectivity index (χ4n) is 2.50. The second-order valence-electron chi connectivity index (χ2n) is 5.82. The molecule has 6 heteroatoms. The Bertz CT molecular complexity index is 855. The van der Waals surface area contributed by atoms with Crippen LogP contribution in [0.2, 0.25) is 0 Å². The summed E-state index contributed by atoms with van der Waals surface area (Å²) in [6.07, 6.45) is 0. The molecular formula is C18H19FN4O. The van der Waals surface area contributed by atoms with Crippen LogP contribution in [0.25, 0.3) is 22.2 Å². The molecule has 24 heavy (non-hydrogen) atoms. The molecule has 5 nitrogen and oxygen atoms in total. The van der Waals surface area contributed by atoms with Crippen LogP contribution in [0.5, 0.6) is 0 Å². The normalized spacial score (nSPS) is 11.2. The summed E-state index contributed by atoms with van der Waals surface area (Å²) in [4.78, 5) is 14.4. The lowest BCUT2D eigenvalue weighted by Gasteiger charge is -2.10. The van der Waals surface area contributed by atoms with Gasteiger partial charge >= 0.3 is 6.03 Å². The Kier molecular flexibility index (Phi) is 4.57. The third-order valence-electron chi connectivity index (χ3n) is 3.73. The van der Waals surface area contributed by atoms with E-state index in [1.54, 1.807) is 12.1 Å². The molecule has 0 unspecified atom stereocenters. The summed E-state index contributed by atoms with van der Waals surface area (Å²) in [5.74, 6) is -0.302. The van der Waals surface area contributed by atoms with Gasteiger partial charge in [0.05, 0.1) is 5.52 Å². The first-order valence-electron chi connectivity index (χ1n) is 7.73. The minimum Gasteiger partial charge on any atom is -0.335 e.